The van der Waals surface area contributed by atoms with Gasteiger partial charge in [-0.1, -0.05) is 13.8 Å². The number of amides is 7. The predicted molar refractivity (Wildman–Crippen MR) is 120 cm³/mol. The fourth-order valence-electron chi connectivity index (χ4n) is 3.02. The summed E-state index contributed by atoms with van der Waals surface area (Å²) in [5, 5.41) is 4.65. The Bertz CT molecular complexity index is 860. The Morgan fingerprint density at radius 3 is 1.80 bits per heavy atom. The molecule has 0 aromatic carbocycles. The van der Waals surface area contributed by atoms with E-state index < -0.39 is 84.3 Å². The van der Waals surface area contributed by atoms with Crippen molar-refractivity contribution in [1.29, 1.82) is 0 Å². The van der Waals surface area contributed by atoms with Crippen LogP contribution in [-0.4, -0.2) is 76.7 Å². The van der Waals surface area contributed by atoms with Gasteiger partial charge in [-0.3, -0.25) is 38.5 Å². The number of nitrogens with two attached hydrogens (primary N) is 4. The lowest BCUT2D eigenvalue weighted by Gasteiger charge is -2.31. The zero-order chi connectivity index (χ0) is 27.5. The van der Waals surface area contributed by atoms with Crippen LogP contribution in [0.5, 0.6) is 0 Å². The number of rotatable bonds is 15. The topological polar surface area (TPSA) is 268 Å². The molecule has 10 N–H and O–H groups in total. The third-order valence-corrected chi connectivity index (χ3v) is 4.78. The van der Waals surface area contributed by atoms with E-state index in [1.807, 2.05) is 0 Å². The molecule has 0 bridgehead atoms. The van der Waals surface area contributed by atoms with Crippen LogP contribution in [-0.2, 0) is 38.4 Å². The van der Waals surface area contributed by atoms with Crippen molar-refractivity contribution in [3.05, 3.63) is 0 Å². The van der Waals surface area contributed by atoms with Gasteiger partial charge >= 0.3 is 0 Å². The minimum atomic E-state index is -1.49. The molecule has 0 fully saturated rings. The van der Waals surface area contributed by atoms with Crippen LogP contribution in [0.3, 0.4) is 0 Å². The SMILES string of the molecule is CC(=O)N(C(=O)[C@@H](NC(=O)[C@H](CCC(N)=O)NC(=O)[C@@H](N)CC(N)=O)C(C)C)[C@H](C=O)CC(N)=O. The van der Waals surface area contributed by atoms with Gasteiger partial charge in [-0.25, -0.2) is 0 Å². The first-order valence-corrected chi connectivity index (χ1v) is 10.6. The number of hydrogen-bond acceptors (Lipinski definition) is 9. The van der Waals surface area contributed by atoms with Gasteiger partial charge in [-0.05, 0) is 12.3 Å². The van der Waals surface area contributed by atoms with Gasteiger partial charge in [-0.15, -0.1) is 0 Å². The van der Waals surface area contributed by atoms with Gasteiger partial charge in [0.25, 0.3) is 5.91 Å². The molecular formula is C20H33N7O8. The first-order valence-electron chi connectivity index (χ1n) is 10.6. The summed E-state index contributed by atoms with van der Waals surface area (Å²) in [7, 11) is 0. The molecule has 196 valence electrons. The van der Waals surface area contributed by atoms with E-state index in [0.29, 0.717) is 4.90 Å². The second-order valence-electron chi connectivity index (χ2n) is 8.17. The molecule has 0 heterocycles. The maximum atomic E-state index is 13.1. The highest BCUT2D eigenvalue weighted by atomic mass is 16.2. The lowest BCUT2D eigenvalue weighted by atomic mass is 10.00. The highest BCUT2D eigenvalue weighted by molar-refractivity contribution is 6.02. The van der Waals surface area contributed by atoms with E-state index in [2.05, 4.69) is 10.6 Å². The minimum absolute atomic E-state index is 0.208. The largest absolute Gasteiger partial charge is 0.370 e. The average molecular weight is 500 g/mol. The van der Waals surface area contributed by atoms with Gasteiger partial charge in [0.15, 0.2) is 0 Å². The van der Waals surface area contributed by atoms with Crippen LogP contribution < -0.4 is 33.6 Å². The molecule has 0 radical (unpaired) electrons. The van der Waals surface area contributed by atoms with Crippen LogP contribution >= 0.6 is 0 Å². The maximum Gasteiger partial charge on any atom is 0.252 e. The summed E-state index contributed by atoms with van der Waals surface area (Å²) < 4.78 is 0. The lowest BCUT2D eigenvalue weighted by Crippen LogP contribution is -2.60. The summed E-state index contributed by atoms with van der Waals surface area (Å²) in [6.07, 6.45) is -1.52. The van der Waals surface area contributed by atoms with Crippen LogP contribution in [0.2, 0.25) is 0 Å². The number of carbonyl (C=O) groups is 8. The molecule has 0 aromatic heterocycles. The Kier molecular flexibility index (Phi) is 12.8. The summed E-state index contributed by atoms with van der Waals surface area (Å²) >= 11 is 0. The number of hydrogen-bond donors (Lipinski definition) is 6. The normalized spacial score (nSPS) is 14.1. The number of aldehydes is 1. The van der Waals surface area contributed by atoms with Crippen molar-refractivity contribution in [1.82, 2.24) is 15.5 Å². The van der Waals surface area contributed by atoms with Gasteiger partial charge in [-0.2, -0.15) is 0 Å². The van der Waals surface area contributed by atoms with E-state index in [9.17, 15) is 38.4 Å². The molecule has 0 aliphatic carbocycles. The van der Waals surface area contributed by atoms with Crippen molar-refractivity contribution in [2.75, 3.05) is 0 Å². The number of primary amides is 3. The maximum absolute atomic E-state index is 13.1. The van der Waals surface area contributed by atoms with E-state index in [4.69, 9.17) is 22.9 Å². The average Bonchev–Trinajstić information content (AvgIpc) is 2.72. The first-order chi connectivity index (χ1) is 16.1. The summed E-state index contributed by atoms with van der Waals surface area (Å²) in [6.45, 7) is 4.06. The Balaban J connectivity index is 5.89. The van der Waals surface area contributed by atoms with Crippen LogP contribution in [0.25, 0.3) is 0 Å². The van der Waals surface area contributed by atoms with E-state index in [0.717, 1.165) is 6.92 Å². The minimum Gasteiger partial charge on any atom is -0.370 e. The summed E-state index contributed by atoms with van der Waals surface area (Å²) in [6, 6.07) is -5.66. The zero-order valence-electron chi connectivity index (χ0n) is 19.8. The smallest absolute Gasteiger partial charge is 0.252 e. The highest BCUT2D eigenvalue weighted by Crippen LogP contribution is 2.13. The van der Waals surface area contributed by atoms with Crippen molar-refractivity contribution in [3.63, 3.8) is 0 Å². The van der Waals surface area contributed by atoms with Crippen molar-refractivity contribution in [2.24, 2.45) is 28.9 Å². The number of nitrogens with one attached hydrogen (secondary N) is 2. The summed E-state index contributed by atoms with van der Waals surface area (Å²) in [4.78, 5) is 95.9. The molecule has 35 heavy (non-hydrogen) atoms. The van der Waals surface area contributed by atoms with Gasteiger partial charge in [0.1, 0.15) is 24.4 Å². The second kappa shape index (κ2) is 14.4. The molecule has 0 saturated heterocycles. The molecule has 0 aromatic rings. The van der Waals surface area contributed by atoms with Crippen molar-refractivity contribution in [3.8, 4) is 0 Å². The van der Waals surface area contributed by atoms with E-state index in [-0.39, 0.29) is 19.1 Å². The summed E-state index contributed by atoms with van der Waals surface area (Å²) in [5.41, 5.74) is 20.8. The lowest BCUT2D eigenvalue weighted by molar-refractivity contribution is -0.152. The molecule has 0 saturated carbocycles. The van der Waals surface area contributed by atoms with Crippen LogP contribution in [0.15, 0.2) is 0 Å². The van der Waals surface area contributed by atoms with E-state index in [1.54, 1.807) is 0 Å². The van der Waals surface area contributed by atoms with E-state index >= 15 is 0 Å². The molecular weight excluding hydrogens is 466 g/mol. The van der Waals surface area contributed by atoms with Crippen LogP contribution in [0.1, 0.15) is 46.5 Å². The fraction of sp³-hybridized carbons (Fsp3) is 0.600. The first kappa shape index (κ1) is 31.1. The molecule has 0 spiro atoms. The van der Waals surface area contributed by atoms with E-state index in [1.165, 1.54) is 13.8 Å². The molecule has 0 aliphatic heterocycles. The third-order valence-electron chi connectivity index (χ3n) is 4.78. The molecule has 0 unspecified atom stereocenters. The van der Waals surface area contributed by atoms with Gasteiger partial charge in [0.05, 0.1) is 18.9 Å². The second-order valence-corrected chi connectivity index (χ2v) is 8.17. The van der Waals surface area contributed by atoms with Crippen molar-refractivity contribution in [2.45, 2.75) is 70.6 Å². The number of carbonyl (C=O) groups excluding carboxylic acids is 8. The highest BCUT2D eigenvalue weighted by Gasteiger charge is 2.37. The number of nitrogens with zero attached hydrogens (tertiary/aromatic N) is 1. The monoisotopic (exact) mass is 499 g/mol. The van der Waals surface area contributed by atoms with Crippen LogP contribution in [0.4, 0.5) is 0 Å². The Labute approximate surface area is 201 Å². The number of imide groups is 1. The van der Waals surface area contributed by atoms with Gasteiger partial charge < -0.3 is 38.4 Å². The summed E-state index contributed by atoms with van der Waals surface area (Å²) in [5.74, 6) is -6.92. The molecule has 0 rings (SSSR count). The molecule has 15 nitrogen and oxygen atoms in total. The molecule has 0 aliphatic rings. The molecule has 15 heteroatoms. The standard InChI is InChI=1S/C20H33N7O8/c1-9(2)17(20(35)27(10(3)29)11(8-28)6-15(23)31)26-19(34)13(4-5-14(22)30)25-18(33)12(21)7-16(24)32/h8-9,11-13,17H,4-7,21H2,1-3H3,(H2,22,30)(H2,23,31)(H2,24,32)(H,25,33)(H,26,34)/t11-,12-,13-,17-/m0/s1. The Morgan fingerprint density at radius 2 is 1.40 bits per heavy atom. The Hall–Kier alpha value is -3.88. The van der Waals surface area contributed by atoms with Crippen molar-refractivity contribution >= 4 is 47.6 Å². The molecule has 4 atom stereocenters. The van der Waals surface area contributed by atoms with Crippen molar-refractivity contribution < 1.29 is 38.4 Å². The third kappa shape index (κ3) is 10.7. The van der Waals surface area contributed by atoms with Gasteiger partial charge in [0, 0.05) is 13.3 Å². The fourth-order valence-corrected chi connectivity index (χ4v) is 3.02. The zero-order valence-corrected chi connectivity index (χ0v) is 19.8. The predicted octanol–water partition coefficient (Wildman–Crippen LogP) is -4.10. The quantitative estimate of drug-likeness (QED) is 0.119. The Morgan fingerprint density at radius 1 is 0.857 bits per heavy atom. The van der Waals surface area contributed by atoms with Crippen LogP contribution in [0, 0.1) is 5.92 Å². The van der Waals surface area contributed by atoms with Gasteiger partial charge in [0.2, 0.25) is 35.4 Å². The molecule has 7 amide bonds.